The highest BCUT2D eigenvalue weighted by molar-refractivity contribution is 9.10. The van der Waals surface area contributed by atoms with Gasteiger partial charge in [0.25, 0.3) is 0 Å². The summed E-state index contributed by atoms with van der Waals surface area (Å²) in [7, 11) is -8.38. The van der Waals surface area contributed by atoms with Gasteiger partial charge in [-0.1, -0.05) is 71.9 Å². The molecule has 2 aliphatic heterocycles. The zero-order valence-corrected chi connectivity index (χ0v) is 22.7. The maximum absolute atomic E-state index is 12.2. The normalized spacial score (nSPS) is 14.4. The van der Waals surface area contributed by atoms with Crippen LogP contribution in [0.15, 0.2) is 109 Å². The molecule has 0 spiro atoms. The molecule has 4 aromatic carbocycles. The first-order valence-corrected chi connectivity index (χ1v) is 13.9. The first-order valence-electron chi connectivity index (χ1n) is 10.1. The van der Waals surface area contributed by atoms with Gasteiger partial charge >= 0.3 is 7.12 Å². The summed E-state index contributed by atoms with van der Waals surface area (Å²) >= 11 is 3.36. The standard InChI is InChI=1S/C12H9BO4S.C12H7BrO2S.CH4.H3P/c14-13(15)8-5-6-12-10(7-8)9-3-1-2-4-11(9)18(12,16)17;13-8-5-6-12-10(7-8)9-3-1-2-4-11(9)16(12,14)15;;/h1-7,14-15H;1-7H;1H4;1H3. The van der Waals surface area contributed by atoms with Crippen LogP contribution in [0, 0.1) is 0 Å². The molecule has 186 valence electrons. The molecule has 0 saturated carbocycles. The fraction of sp³-hybridized carbons (Fsp3) is 0.0400. The van der Waals surface area contributed by atoms with Crippen molar-refractivity contribution >= 4 is 58.1 Å². The molecule has 4 aromatic rings. The van der Waals surface area contributed by atoms with Crippen LogP contribution in [0.4, 0.5) is 0 Å². The molecular weight excluding hydrogens is 582 g/mol. The van der Waals surface area contributed by atoms with E-state index in [2.05, 4.69) is 15.9 Å². The summed E-state index contributed by atoms with van der Waals surface area (Å²) in [6, 6.07) is 23.4. The van der Waals surface area contributed by atoms with E-state index in [0.29, 0.717) is 20.9 Å². The summed E-state index contributed by atoms with van der Waals surface area (Å²) in [5, 5.41) is 18.3. The van der Waals surface area contributed by atoms with Gasteiger partial charge < -0.3 is 10.0 Å². The zero-order chi connectivity index (χ0) is 24.3. The SMILES string of the molecule is C.O=S1(=O)c2ccccc2-c2cc(B(O)O)ccc21.O=S1(=O)c2ccccc2-c2cc(Br)ccc21.P. The van der Waals surface area contributed by atoms with Crippen LogP contribution in [0.3, 0.4) is 0 Å². The van der Waals surface area contributed by atoms with Crippen molar-refractivity contribution < 1.29 is 26.9 Å². The van der Waals surface area contributed by atoms with E-state index in [9.17, 15) is 16.8 Å². The van der Waals surface area contributed by atoms with Crippen molar-refractivity contribution in [2.45, 2.75) is 27.0 Å². The Morgan fingerprint density at radius 3 is 1.50 bits per heavy atom. The molecule has 0 fully saturated rings. The topological polar surface area (TPSA) is 109 Å². The van der Waals surface area contributed by atoms with Gasteiger partial charge in [-0.3, -0.25) is 0 Å². The van der Waals surface area contributed by atoms with Crippen molar-refractivity contribution in [3.05, 3.63) is 89.4 Å². The number of halogens is 1. The van der Waals surface area contributed by atoms with Gasteiger partial charge in [0.15, 0.2) is 0 Å². The van der Waals surface area contributed by atoms with Crippen molar-refractivity contribution in [3.63, 3.8) is 0 Å². The molecule has 6 nitrogen and oxygen atoms in total. The maximum Gasteiger partial charge on any atom is 0.488 e. The molecule has 36 heavy (non-hydrogen) atoms. The molecule has 1 unspecified atom stereocenters. The van der Waals surface area contributed by atoms with Gasteiger partial charge in [0.05, 0.1) is 19.6 Å². The van der Waals surface area contributed by atoms with Crippen LogP contribution in [-0.2, 0) is 19.7 Å². The average molecular weight is 605 g/mol. The molecule has 0 aromatic heterocycles. The highest BCUT2D eigenvalue weighted by Gasteiger charge is 2.33. The lowest BCUT2D eigenvalue weighted by Crippen LogP contribution is -2.29. The molecule has 2 N–H and O–H groups in total. The number of rotatable bonds is 1. The monoisotopic (exact) mass is 604 g/mol. The van der Waals surface area contributed by atoms with E-state index in [4.69, 9.17) is 10.0 Å². The Hall–Kier alpha value is -2.33. The zero-order valence-electron chi connectivity index (χ0n) is 18.1. The fourth-order valence-corrected chi connectivity index (χ4v) is 7.88. The van der Waals surface area contributed by atoms with Crippen LogP contribution >= 0.6 is 25.8 Å². The minimum absolute atomic E-state index is 0. The van der Waals surface area contributed by atoms with E-state index in [1.165, 1.54) is 18.2 Å². The fourth-order valence-electron chi connectivity index (χ4n) is 4.18. The third-order valence-electron chi connectivity index (χ3n) is 5.76. The maximum atomic E-state index is 12.2. The van der Waals surface area contributed by atoms with Crippen molar-refractivity contribution in [1.82, 2.24) is 0 Å². The minimum Gasteiger partial charge on any atom is -0.423 e. The third-order valence-corrected chi connectivity index (χ3v) is 9.99. The minimum atomic E-state index is -3.47. The summed E-state index contributed by atoms with van der Waals surface area (Å²) in [4.78, 5) is 1.29. The van der Waals surface area contributed by atoms with E-state index in [0.717, 1.165) is 15.6 Å². The van der Waals surface area contributed by atoms with Crippen LogP contribution in [0.1, 0.15) is 7.43 Å². The second-order valence-electron chi connectivity index (χ2n) is 7.77. The molecule has 6 rings (SSSR count). The summed E-state index contributed by atoms with van der Waals surface area (Å²) < 4.78 is 49.7. The molecule has 0 saturated heterocycles. The molecule has 1 atom stereocenters. The number of benzene rings is 4. The van der Waals surface area contributed by atoms with Crippen LogP contribution in [0.5, 0.6) is 0 Å². The second-order valence-corrected chi connectivity index (χ2v) is 12.5. The molecule has 0 amide bonds. The number of hydrogen-bond donors (Lipinski definition) is 2. The molecule has 0 aliphatic carbocycles. The van der Waals surface area contributed by atoms with Crippen molar-refractivity contribution in [2.75, 3.05) is 0 Å². The Kier molecular flexibility index (Phi) is 8.01. The third kappa shape index (κ3) is 4.47. The Balaban J connectivity index is 0.000000191. The Labute approximate surface area is 222 Å². The highest BCUT2D eigenvalue weighted by atomic mass is 79.9. The first kappa shape index (κ1) is 28.2. The van der Waals surface area contributed by atoms with E-state index >= 15 is 0 Å². The lowest BCUT2D eigenvalue weighted by Gasteiger charge is -2.03. The van der Waals surface area contributed by atoms with E-state index in [1.54, 1.807) is 48.5 Å². The van der Waals surface area contributed by atoms with Gasteiger partial charge in [-0.05, 0) is 41.9 Å². The molecule has 0 bridgehead atoms. The molecule has 2 aliphatic rings. The lowest BCUT2D eigenvalue weighted by atomic mass is 9.79. The summed E-state index contributed by atoms with van der Waals surface area (Å²) in [5.74, 6) is 0. The van der Waals surface area contributed by atoms with E-state index < -0.39 is 26.8 Å². The van der Waals surface area contributed by atoms with E-state index in [1.807, 2.05) is 18.2 Å². The quantitative estimate of drug-likeness (QED) is 0.216. The summed E-state index contributed by atoms with van der Waals surface area (Å²) in [6.45, 7) is 0. The van der Waals surface area contributed by atoms with Gasteiger partial charge in [0.2, 0.25) is 19.7 Å². The number of sulfone groups is 2. The van der Waals surface area contributed by atoms with Crippen molar-refractivity contribution in [3.8, 4) is 22.3 Å². The highest BCUT2D eigenvalue weighted by Crippen LogP contribution is 2.44. The average Bonchev–Trinajstić information content (AvgIpc) is 3.19. The molecule has 11 heteroatoms. The Bertz CT molecular complexity index is 1690. The van der Waals surface area contributed by atoms with Gasteiger partial charge in [-0.15, -0.1) is 0 Å². The molecular formula is C25H23BBrO6PS2. The number of hydrogen-bond acceptors (Lipinski definition) is 6. The van der Waals surface area contributed by atoms with Crippen molar-refractivity contribution in [1.29, 1.82) is 0 Å². The smallest absolute Gasteiger partial charge is 0.423 e. The van der Waals surface area contributed by atoms with Gasteiger partial charge in [-0.25, -0.2) is 16.8 Å². The molecule has 0 radical (unpaired) electrons. The molecule has 2 heterocycles. The van der Waals surface area contributed by atoms with Crippen LogP contribution < -0.4 is 5.46 Å². The van der Waals surface area contributed by atoms with Gasteiger partial charge in [0, 0.05) is 26.7 Å². The largest absolute Gasteiger partial charge is 0.488 e. The summed E-state index contributed by atoms with van der Waals surface area (Å²) in [5.41, 5.74) is 2.98. The number of fused-ring (bicyclic) bond motifs is 6. The Morgan fingerprint density at radius 1 is 0.583 bits per heavy atom. The lowest BCUT2D eigenvalue weighted by molar-refractivity contribution is 0.425. The first-order chi connectivity index (χ1) is 16.1. The van der Waals surface area contributed by atoms with Gasteiger partial charge in [-0.2, -0.15) is 9.90 Å². The summed E-state index contributed by atoms with van der Waals surface area (Å²) in [6.07, 6.45) is 0. The van der Waals surface area contributed by atoms with Crippen LogP contribution in [-0.4, -0.2) is 34.0 Å². The van der Waals surface area contributed by atoms with Crippen LogP contribution in [0.25, 0.3) is 22.3 Å². The predicted molar refractivity (Wildman–Crippen MR) is 150 cm³/mol. The second kappa shape index (κ2) is 10.2. The van der Waals surface area contributed by atoms with Gasteiger partial charge in [0.1, 0.15) is 0 Å². The van der Waals surface area contributed by atoms with Crippen molar-refractivity contribution in [2.24, 2.45) is 0 Å². The van der Waals surface area contributed by atoms with E-state index in [-0.39, 0.29) is 32.6 Å². The van der Waals surface area contributed by atoms with Crippen LogP contribution in [0.2, 0.25) is 0 Å². The Morgan fingerprint density at radius 2 is 1.00 bits per heavy atom. The predicted octanol–water partition coefficient (Wildman–Crippen LogP) is 4.14.